The number of hydrogen-bond acceptors (Lipinski definition) is 4. The highest BCUT2D eigenvalue weighted by molar-refractivity contribution is 5.95. The summed E-state index contributed by atoms with van der Waals surface area (Å²) in [6.07, 6.45) is 8.67. The number of unbranched alkanes of at least 4 members (excludes halogenated alkanes) is 2. The minimum Gasteiger partial charge on any atom is -0.462 e. The number of rotatable bonds is 14. The van der Waals surface area contributed by atoms with Gasteiger partial charge in [-0.15, -0.1) is 0 Å². The fourth-order valence-electron chi connectivity index (χ4n) is 3.06. The van der Waals surface area contributed by atoms with E-state index in [1.165, 1.54) is 0 Å². The van der Waals surface area contributed by atoms with Crippen LogP contribution in [-0.4, -0.2) is 25.2 Å². The Morgan fingerprint density at radius 2 is 1.25 bits per heavy atom. The first kappa shape index (κ1) is 24.2. The minimum atomic E-state index is -0.407. The summed E-state index contributed by atoms with van der Waals surface area (Å²) in [6.45, 7) is 9.38. The van der Waals surface area contributed by atoms with Gasteiger partial charge in [0.1, 0.15) is 0 Å². The Kier molecular flexibility index (Phi) is 12.3. The van der Waals surface area contributed by atoms with Gasteiger partial charge in [0, 0.05) is 0 Å². The topological polar surface area (TPSA) is 52.6 Å². The van der Waals surface area contributed by atoms with Crippen LogP contribution in [0.15, 0.2) is 18.2 Å². The van der Waals surface area contributed by atoms with Crippen LogP contribution in [0.1, 0.15) is 99.8 Å². The van der Waals surface area contributed by atoms with Crippen LogP contribution in [0.5, 0.6) is 0 Å². The third-order valence-electron chi connectivity index (χ3n) is 5.25. The molecule has 1 aromatic rings. The molecule has 0 fully saturated rings. The summed E-state index contributed by atoms with van der Waals surface area (Å²) in [6, 6.07) is 7.52. The largest absolute Gasteiger partial charge is 0.462 e. The lowest BCUT2D eigenvalue weighted by Gasteiger charge is -2.15. The first-order chi connectivity index (χ1) is 13.5. The van der Waals surface area contributed by atoms with Crippen molar-refractivity contribution in [1.82, 2.24) is 0 Å². The van der Waals surface area contributed by atoms with E-state index >= 15 is 0 Å². The van der Waals surface area contributed by atoms with Crippen LogP contribution in [-0.2, 0) is 9.47 Å². The average Bonchev–Trinajstić information content (AvgIpc) is 2.73. The monoisotopic (exact) mass is 389 g/mol. The molecule has 0 amide bonds. The first-order valence-corrected chi connectivity index (χ1v) is 10.9. The van der Waals surface area contributed by atoms with E-state index in [4.69, 9.17) is 9.47 Å². The zero-order chi connectivity index (χ0) is 20.8. The zero-order valence-corrected chi connectivity index (χ0v) is 18.1. The highest BCUT2D eigenvalue weighted by Gasteiger charge is 2.16. The van der Waals surface area contributed by atoms with Crippen LogP contribution in [0.3, 0.4) is 0 Å². The van der Waals surface area contributed by atoms with Crippen molar-refractivity contribution in [2.45, 2.75) is 79.1 Å². The Bertz CT molecular complexity index is 534. The number of carbonyl (C=O) groups excluding carboxylic acids is 2. The van der Waals surface area contributed by atoms with Crippen LogP contribution in [0, 0.1) is 17.9 Å². The van der Waals surface area contributed by atoms with Gasteiger partial charge in [0.25, 0.3) is 0 Å². The molecule has 4 heteroatoms. The summed E-state index contributed by atoms with van der Waals surface area (Å²) in [4.78, 5) is 24.7. The van der Waals surface area contributed by atoms with E-state index in [9.17, 15) is 9.59 Å². The van der Waals surface area contributed by atoms with Crippen LogP contribution in [0.2, 0.25) is 0 Å². The SMILES string of the molecule is CCCCC(CC)COC(=O)c1c[c]cc(C(=O)OCC(CC)CCCC)c1. The predicted molar refractivity (Wildman–Crippen MR) is 112 cm³/mol. The van der Waals surface area contributed by atoms with Crippen molar-refractivity contribution in [3.05, 3.63) is 35.4 Å². The minimum absolute atomic E-state index is 0.345. The first-order valence-electron chi connectivity index (χ1n) is 10.9. The van der Waals surface area contributed by atoms with E-state index in [0.29, 0.717) is 36.2 Å². The summed E-state index contributed by atoms with van der Waals surface area (Å²) < 4.78 is 10.9. The molecule has 0 aromatic heterocycles. The van der Waals surface area contributed by atoms with Gasteiger partial charge in [-0.2, -0.15) is 0 Å². The van der Waals surface area contributed by atoms with Crippen molar-refractivity contribution in [2.24, 2.45) is 11.8 Å². The molecule has 1 rings (SSSR count). The van der Waals surface area contributed by atoms with Crippen molar-refractivity contribution in [3.8, 4) is 0 Å². The molecule has 2 unspecified atom stereocenters. The van der Waals surface area contributed by atoms with E-state index in [1.54, 1.807) is 18.2 Å². The molecule has 0 aliphatic heterocycles. The normalized spacial score (nSPS) is 13.0. The lowest BCUT2D eigenvalue weighted by molar-refractivity contribution is 0.0426. The highest BCUT2D eigenvalue weighted by atomic mass is 16.5. The van der Waals surface area contributed by atoms with Crippen molar-refractivity contribution in [3.63, 3.8) is 0 Å². The molecule has 0 aliphatic rings. The quantitative estimate of drug-likeness (QED) is 0.354. The van der Waals surface area contributed by atoms with Gasteiger partial charge in [-0.25, -0.2) is 9.59 Å². The van der Waals surface area contributed by atoms with E-state index in [2.05, 4.69) is 33.8 Å². The van der Waals surface area contributed by atoms with Crippen molar-refractivity contribution in [2.75, 3.05) is 13.2 Å². The second-order valence-electron chi connectivity index (χ2n) is 7.54. The van der Waals surface area contributed by atoms with Gasteiger partial charge in [0.2, 0.25) is 0 Å². The maximum absolute atomic E-state index is 12.3. The van der Waals surface area contributed by atoms with E-state index < -0.39 is 11.9 Å². The Labute approximate surface area is 171 Å². The molecule has 28 heavy (non-hydrogen) atoms. The van der Waals surface area contributed by atoms with E-state index in [-0.39, 0.29) is 0 Å². The molecule has 2 atom stereocenters. The molecular formula is C24H37O4. The van der Waals surface area contributed by atoms with Crippen LogP contribution in [0.25, 0.3) is 0 Å². The maximum Gasteiger partial charge on any atom is 0.338 e. The molecule has 1 aromatic carbocycles. The summed E-state index contributed by atoms with van der Waals surface area (Å²) in [5.74, 6) is -0.0456. The standard InChI is InChI=1S/C24H37O4/c1-5-9-12-19(7-3)17-27-23(25)21-14-11-15-22(16-21)24(26)28-18-20(8-4)13-10-6-2/h14-16,19-20H,5-10,12-13,17-18H2,1-4H3. The third kappa shape index (κ3) is 8.90. The Morgan fingerprint density at radius 3 is 1.61 bits per heavy atom. The lowest BCUT2D eigenvalue weighted by atomic mass is 10.0. The third-order valence-corrected chi connectivity index (χ3v) is 5.25. The number of ether oxygens (including phenoxy) is 2. The van der Waals surface area contributed by atoms with Crippen LogP contribution in [0.4, 0.5) is 0 Å². The van der Waals surface area contributed by atoms with Gasteiger partial charge in [-0.05, 0) is 48.9 Å². The zero-order valence-electron chi connectivity index (χ0n) is 18.1. The predicted octanol–water partition coefficient (Wildman–Crippen LogP) is 6.23. The molecular weight excluding hydrogens is 352 g/mol. The molecule has 0 aliphatic carbocycles. The van der Waals surface area contributed by atoms with Crippen molar-refractivity contribution in [1.29, 1.82) is 0 Å². The lowest BCUT2D eigenvalue weighted by Crippen LogP contribution is -2.16. The van der Waals surface area contributed by atoms with Gasteiger partial charge in [-0.3, -0.25) is 0 Å². The average molecular weight is 390 g/mol. The number of benzene rings is 1. The Morgan fingerprint density at radius 1 is 0.821 bits per heavy atom. The van der Waals surface area contributed by atoms with Gasteiger partial charge in [0.15, 0.2) is 0 Å². The van der Waals surface area contributed by atoms with E-state index in [0.717, 1.165) is 51.4 Å². The fraction of sp³-hybridized carbons (Fsp3) is 0.667. The summed E-state index contributed by atoms with van der Waals surface area (Å²) in [7, 11) is 0. The smallest absolute Gasteiger partial charge is 0.338 e. The summed E-state index contributed by atoms with van der Waals surface area (Å²) in [5, 5.41) is 0. The van der Waals surface area contributed by atoms with Gasteiger partial charge in [0.05, 0.1) is 24.3 Å². The molecule has 0 saturated carbocycles. The molecule has 0 spiro atoms. The number of carbonyl (C=O) groups is 2. The highest BCUT2D eigenvalue weighted by Crippen LogP contribution is 2.16. The second kappa shape index (κ2) is 14.2. The van der Waals surface area contributed by atoms with Gasteiger partial charge >= 0.3 is 11.9 Å². The van der Waals surface area contributed by atoms with Crippen LogP contribution < -0.4 is 0 Å². The maximum atomic E-state index is 12.3. The molecule has 0 saturated heterocycles. The Balaban J connectivity index is 2.59. The fourth-order valence-corrected chi connectivity index (χ4v) is 3.06. The number of hydrogen-bond donors (Lipinski definition) is 0. The molecule has 157 valence electrons. The van der Waals surface area contributed by atoms with E-state index in [1.807, 2.05) is 0 Å². The summed E-state index contributed by atoms with van der Waals surface area (Å²) in [5.41, 5.74) is 0.690. The molecule has 0 heterocycles. The molecule has 0 N–H and O–H groups in total. The van der Waals surface area contributed by atoms with Crippen molar-refractivity contribution >= 4 is 11.9 Å². The summed E-state index contributed by atoms with van der Waals surface area (Å²) >= 11 is 0. The molecule has 1 radical (unpaired) electrons. The second-order valence-corrected chi connectivity index (χ2v) is 7.54. The Hall–Kier alpha value is -1.84. The van der Waals surface area contributed by atoms with Crippen LogP contribution >= 0.6 is 0 Å². The van der Waals surface area contributed by atoms with Crippen molar-refractivity contribution < 1.29 is 19.1 Å². The molecule has 0 bridgehead atoms. The molecule has 4 nitrogen and oxygen atoms in total. The van der Waals surface area contributed by atoms with Gasteiger partial charge < -0.3 is 9.47 Å². The number of esters is 2. The van der Waals surface area contributed by atoms with Gasteiger partial charge in [-0.1, -0.05) is 66.2 Å².